The van der Waals surface area contributed by atoms with Crippen LogP contribution in [0.4, 0.5) is 23.4 Å². The quantitative estimate of drug-likeness (QED) is 0.379. The van der Waals surface area contributed by atoms with Crippen LogP contribution in [0.5, 0.6) is 0 Å². The van der Waals surface area contributed by atoms with Gasteiger partial charge in [-0.2, -0.15) is 13.1 Å². The van der Waals surface area contributed by atoms with Crippen LogP contribution in [0.25, 0.3) is 22.3 Å². The van der Waals surface area contributed by atoms with Gasteiger partial charge in [0.2, 0.25) is 12.3 Å². The first-order valence-corrected chi connectivity index (χ1v) is 15.4. The first-order valence-electron chi connectivity index (χ1n) is 13.9. The van der Waals surface area contributed by atoms with E-state index in [1.165, 1.54) is 0 Å². The van der Waals surface area contributed by atoms with Crippen molar-refractivity contribution in [2.24, 2.45) is 5.92 Å². The number of carbonyl (C=O) groups is 1. The third-order valence-electron chi connectivity index (χ3n) is 7.47. The smallest absolute Gasteiger partial charge is 0.350 e. The van der Waals surface area contributed by atoms with Crippen molar-refractivity contribution in [1.29, 1.82) is 0 Å². The molecule has 3 aromatic rings. The van der Waals surface area contributed by atoms with Crippen LogP contribution in [0.1, 0.15) is 26.0 Å². The Morgan fingerprint density at radius 1 is 1.02 bits per heavy atom. The molecule has 232 valence electrons. The summed E-state index contributed by atoms with van der Waals surface area (Å²) in [6.45, 7) is 4.21. The molecule has 5 rings (SSSR count). The molecule has 0 bridgehead atoms. The predicted molar refractivity (Wildman–Crippen MR) is 151 cm³/mol. The summed E-state index contributed by atoms with van der Waals surface area (Å²) in [4.78, 5) is 28.8. The Morgan fingerprint density at radius 2 is 1.74 bits per heavy atom. The first-order chi connectivity index (χ1) is 20.4. The Kier molecular flexibility index (Phi) is 9.13. The zero-order chi connectivity index (χ0) is 30.9. The van der Waals surface area contributed by atoms with Gasteiger partial charge in [0.15, 0.2) is 0 Å². The Hall–Kier alpha value is -3.43. The monoisotopic (exact) mass is 624 g/mol. The summed E-state index contributed by atoms with van der Waals surface area (Å²) < 4.78 is 83.1. The highest BCUT2D eigenvalue weighted by Crippen LogP contribution is 2.28. The molecule has 0 saturated carbocycles. The Balaban J connectivity index is 1.30. The van der Waals surface area contributed by atoms with Crippen LogP contribution in [-0.4, -0.2) is 90.2 Å². The van der Waals surface area contributed by atoms with Crippen molar-refractivity contribution >= 4 is 32.7 Å². The van der Waals surface area contributed by atoms with Crippen LogP contribution in [0.15, 0.2) is 42.6 Å². The normalized spacial score (nSPS) is 23.7. The highest BCUT2D eigenvalue weighted by atomic mass is 32.2. The van der Waals surface area contributed by atoms with Gasteiger partial charge < -0.3 is 15.0 Å². The molecule has 2 aliphatic rings. The van der Waals surface area contributed by atoms with Crippen molar-refractivity contribution in [3.05, 3.63) is 48.3 Å². The Morgan fingerprint density at radius 3 is 2.44 bits per heavy atom. The summed E-state index contributed by atoms with van der Waals surface area (Å²) >= 11 is 0. The van der Waals surface area contributed by atoms with Crippen molar-refractivity contribution < 1.29 is 35.5 Å². The van der Waals surface area contributed by atoms with Crippen LogP contribution in [-0.2, 0) is 26.0 Å². The lowest BCUT2D eigenvalue weighted by Crippen LogP contribution is -2.54. The van der Waals surface area contributed by atoms with Gasteiger partial charge in [0.05, 0.1) is 41.2 Å². The average molecular weight is 625 g/mol. The van der Waals surface area contributed by atoms with E-state index < -0.39 is 53.2 Å². The van der Waals surface area contributed by atoms with E-state index in [4.69, 9.17) is 14.7 Å². The molecule has 0 aliphatic carbocycles. The number of hydrogen-bond donors (Lipinski definition) is 1. The molecule has 0 aromatic carbocycles. The molecule has 4 atom stereocenters. The number of hydrogen-bond acceptors (Lipinski definition) is 8. The standard InChI is InChI=1S/C28H32F4N6O4S/c1-16-12-37(13-17(2)42-16)25-5-3-4-22(36-25)23-7-6-18-11-33-20(9-24(18)35-23)10-26(39)34-21-8-19(27(29)30)14-38(15-21)43(40,41)28(31)32/h3-7,9,11,16-17,19,21,27-28H,8,10,12-15H2,1-2H3,(H,34,39)/t16-,17+,19-,21+/m0/s1. The lowest BCUT2D eigenvalue weighted by molar-refractivity contribution is -0.121. The largest absolute Gasteiger partial charge is 0.372 e. The Labute approximate surface area is 246 Å². The summed E-state index contributed by atoms with van der Waals surface area (Å²) in [6, 6.07) is 9.94. The molecule has 43 heavy (non-hydrogen) atoms. The van der Waals surface area contributed by atoms with Gasteiger partial charge in [-0.3, -0.25) is 9.78 Å². The third-order valence-corrected chi connectivity index (χ3v) is 8.94. The van der Waals surface area contributed by atoms with E-state index in [9.17, 15) is 30.8 Å². The number of piperidine rings is 1. The molecule has 3 aromatic heterocycles. The number of carbonyl (C=O) groups excluding carboxylic acids is 1. The number of rotatable bonds is 8. The fourth-order valence-electron chi connectivity index (χ4n) is 5.55. The highest BCUT2D eigenvalue weighted by Gasteiger charge is 2.41. The number of amides is 1. The second kappa shape index (κ2) is 12.7. The van der Waals surface area contributed by atoms with Gasteiger partial charge in [0.1, 0.15) is 5.82 Å². The van der Waals surface area contributed by atoms with Gasteiger partial charge in [0.25, 0.3) is 10.0 Å². The number of sulfonamides is 1. The number of pyridine rings is 3. The molecule has 1 N–H and O–H groups in total. The van der Waals surface area contributed by atoms with Crippen LogP contribution >= 0.6 is 0 Å². The fraction of sp³-hybridized carbons (Fsp3) is 0.500. The van der Waals surface area contributed by atoms with Gasteiger partial charge in [-0.15, -0.1) is 0 Å². The summed E-state index contributed by atoms with van der Waals surface area (Å²) in [7, 11) is -5.08. The molecule has 0 radical (unpaired) electrons. The van der Waals surface area contributed by atoms with Crippen molar-refractivity contribution in [3.63, 3.8) is 0 Å². The highest BCUT2D eigenvalue weighted by molar-refractivity contribution is 7.89. The molecule has 2 saturated heterocycles. The summed E-state index contributed by atoms with van der Waals surface area (Å²) in [6.07, 6.45) is -1.73. The maximum Gasteiger partial charge on any atom is 0.350 e. The van der Waals surface area contributed by atoms with E-state index in [1.807, 2.05) is 44.2 Å². The lowest BCUT2D eigenvalue weighted by Gasteiger charge is -2.36. The fourth-order valence-corrected chi connectivity index (χ4v) is 6.56. The summed E-state index contributed by atoms with van der Waals surface area (Å²) in [5, 5.41) is 3.24. The average Bonchev–Trinajstić information content (AvgIpc) is 2.96. The zero-order valence-corrected chi connectivity index (χ0v) is 24.4. The van der Waals surface area contributed by atoms with Crippen LogP contribution < -0.4 is 10.2 Å². The maximum atomic E-state index is 13.4. The van der Waals surface area contributed by atoms with Crippen molar-refractivity contribution in [2.45, 2.75) is 57.1 Å². The van der Waals surface area contributed by atoms with E-state index in [1.54, 1.807) is 12.3 Å². The number of halogens is 4. The number of alkyl halides is 4. The van der Waals surface area contributed by atoms with Gasteiger partial charge in [-0.05, 0) is 50.6 Å². The van der Waals surface area contributed by atoms with E-state index >= 15 is 0 Å². The van der Waals surface area contributed by atoms with Crippen LogP contribution in [0.3, 0.4) is 0 Å². The lowest BCUT2D eigenvalue weighted by atomic mass is 9.96. The zero-order valence-electron chi connectivity index (χ0n) is 23.5. The summed E-state index contributed by atoms with van der Waals surface area (Å²) in [5.41, 5.74) is 2.18. The van der Waals surface area contributed by atoms with E-state index in [0.29, 0.717) is 40.0 Å². The topological polar surface area (TPSA) is 118 Å². The maximum absolute atomic E-state index is 13.4. The van der Waals surface area contributed by atoms with Crippen LogP contribution in [0.2, 0.25) is 0 Å². The van der Waals surface area contributed by atoms with Crippen LogP contribution in [0, 0.1) is 5.92 Å². The van der Waals surface area contributed by atoms with Gasteiger partial charge >= 0.3 is 5.76 Å². The SMILES string of the molecule is C[C@@H]1CN(c2cccc(-c3ccc4cnc(CC(=O)N[C@@H]5C[C@H](C(F)F)CN(S(=O)(=O)C(F)F)C5)cc4n3)n2)C[C@H](C)O1. The minimum absolute atomic E-state index is 0.0737. The molecule has 0 unspecified atom stereocenters. The molecule has 1 amide bonds. The number of nitrogens with one attached hydrogen (secondary N) is 1. The second-order valence-electron chi connectivity index (χ2n) is 11.0. The number of aromatic nitrogens is 3. The minimum atomic E-state index is -5.08. The summed E-state index contributed by atoms with van der Waals surface area (Å²) in [5.74, 6) is -5.04. The third kappa shape index (κ3) is 7.21. The Bertz CT molecular complexity index is 1570. The molecule has 5 heterocycles. The number of morpholine rings is 1. The van der Waals surface area contributed by atoms with Crippen molar-refractivity contribution in [2.75, 3.05) is 31.1 Å². The molecular formula is C28H32F4N6O4S. The molecule has 15 heteroatoms. The van der Waals surface area contributed by atoms with E-state index in [-0.39, 0.29) is 25.0 Å². The molecule has 10 nitrogen and oxygen atoms in total. The van der Waals surface area contributed by atoms with Gasteiger partial charge in [-0.25, -0.2) is 27.2 Å². The first kappa shape index (κ1) is 31.0. The minimum Gasteiger partial charge on any atom is -0.372 e. The van der Waals surface area contributed by atoms with Crippen molar-refractivity contribution in [3.8, 4) is 11.4 Å². The molecule has 2 aliphatic heterocycles. The van der Waals surface area contributed by atoms with Gasteiger partial charge in [0, 0.05) is 49.7 Å². The number of anilines is 1. The number of nitrogens with zero attached hydrogens (tertiary/aromatic N) is 5. The van der Waals surface area contributed by atoms with E-state index in [0.717, 1.165) is 11.2 Å². The molecule has 0 spiro atoms. The van der Waals surface area contributed by atoms with E-state index in [2.05, 4.69) is 15.2 Å². The van der Waals surface area contributed by atoms with Gasteiger partial charge in [-0.1, -0.05) is 6.07 Å². The molecule has 2 fully saturated rings. The van der Waals surface area contributed by atoms with Crippen molar-refractivity contribution in [1.82, 2.24) is 24.6 Å². The molecular weight excluding hydrogens is 592 g/mol. The predicted octanol–water partition coefficient (Wildman–Crippen LogP) is 3.47. The second-order valence-corrected chi connectivity index (χ2v) is 12.9. The number of ether oxygens (including phenoxy) is 1. The number of fused-ring (bicyclic) bond motifs is 1.